The minimum atomic E-state index is 0.0954. The van der Waals surface area contributed by atoms with Gasteiger partial charge in [-0.1, -0.05) is 40.4 Å². The monoisotopic (exact) mass is 494 g/mol. The van der Waals surface area contributed by atoms with E-state index in [0.29, 0.717) is 6.54 Å². The van der Waals surface area contributed by atoms with Crippen molar-refractivity contribution in [2.45, 2.75) is 52.0 Å². The number of unbranched alkanes of at least 4 members (excludes halogenated alkanes) is 3. The van der Waals surface area contributed by atoms with E-state index in [-0.39, 0.29) is 6.04 Å². The molecule has 0 radical (unpaired) electrons. The van der Waals surface area contributed by atoms with Gasteiger partial charge in [-0.05, 0) is 68.5 Å². The summed E-state index contributed by atoms with van der Waals surface area (Å²) in [7, 11) is 1.72. The van der Waals surface area contributed by atoms with Crippen molar-refractivity contribution in [2.75, 3.05) is 19.0 Å². The van der Waals surface area contributed by atoms with Gasteiger partial charge in [0.2, 0.25) is 0 Å². The van der Waals surface area contributed by atoms with E-state index < -0.39 is 0 Å². The van der Waals surface area contributed by atoms with Crippen LogP contribution in [0.3, 0.4) is 0 Å². The summed E-state index contributed by atoms with van der Waals surface area (Å²) in [5, 5.41) is 4.54. The van der Waals surface area contributed by atoms with E-state index in [1.54, 1.807) is 7.11 Å². The van der Waals surface area contributed by atoms with Gasteiger partial charge < -0.3 is 15.8 Å². The number of halogens is 1. The first-order valence-corrected chi connectivity index (χ1v) is 11.8. The van der Waals surface area contributed by atoms with Gasteiger partial charge in [-0.2, -0.15) is 0 Å². The van der Waals surface area contributed by atoms with Crippen LogP contribution in [0, 0.1) is 18.8 Å². The summed E-state index contributed by atoms with van der Waals surface area (Å²) in [6.45, 7) is 4.50. The second-order valence-electron chi connectivity index (χ2n) is 7.84. The Kier molecular flexibility index (Phi) is 8.90. The van der Waals surface area contributed by atoms with Crippen LogP contribution in [-0.2, 0) is 6.42 Å². The van der Waals surface area contributed by atoms with Crippen LogP contribution >= 0.6 is 15.9 Å². The molecular weight excluding hydrogens is 464 g/mol. The van der Waals surface area contributed by atoms with Crippen LogP contribution in [0.4, 0.5) is 5.82 Å². The number of ether oxygens (including phenoxy) is 1. The van der Waals surface area contributed by atoms with Gasteiger partial charge in [0.25, 0.3) is 0 Å². The van der Waals surface area contributed by atoms with E-state index in [0.717, 1.165) is 64.9 Å². The van der Waals surface area contributed by atoms with Gasteiger partial charge in [0.1, 0.15) is 17.4 Å². The summed E-state index contributed by atoms with van der Waals surface area (Å²) in [6.07, 6.45) is 5.15. The highest BCUT2D eigenvalue weighted by Gasteiger charge is 2.14. The molecule has 0 bridgehead atoms. The number of aryl methyl sites for hydroxylation is 2. The lowest BCUT2D eigenvalue weighted by Gasteiger charge is -2.18. The zero-order valence-electron chi connectivity index (χ0n) is 19.0. The number of nitrogens with one attached hydrogen (secondary N) is 1. The van der Waals surface area contributed by atoms with E-state index in [2.05, 4.69) is 64.3 Å². The Morgan fingerprint density at radius 1 is 1.12 bits per heavy atom. The number of methoxy groups -OCH3 is 1. The SMILES string of the molecule is COc1cc2c(NC(C)c3cccc(Br)c3)nc(C)nc2cc1CCCCCC#CCN. The fourth-order valence-electron chi connectivity index (χ4n) is 3.74. The van der Waals surface area contributed by atoms with Gasteiger partial charge in [-0.25, -0.2) is 9.97 Å². The van der Waals surface area contributed by atoms with Crippen molar-refractivity contribution in [1.82, 2.24) is 9.97 Å². The van der Waals surface area contributed by atoms with E-state index in [9.17, 15) is 0 Å². The molecule has 0 aliphatic heterocycles. The topological polar surface area (TPSA) is 73.1 Å². The second kappa shape index (κ2) is 11.8. The Balaban J connectivity index is 1.80. The van der Waals surface area contributed by atoms with Crippen molar-refractivity contribution in [3.8, 4) is 17.6 Å². The lowest BCUT2D eigenvalue weighted by Crippen LogP contribution is -2.10. The number of nitrogens with two attached hydrogens (primary N) is 1. The summed E-state index contributed by atoms with van der Waals surface area (Å²) in [6, 6.07) is 12.6. The predicted octanol–water partition coefficient (Wildman–Crippen LogP) is 5.95. The van der Waals surface area contributed by atoms with Crippen molar-refractivity contribution in [1.29, 1.82) is 0 Å². The van der Waals surface area contributed by atoms with Crippen molar-refractivity contribution in [2.24, 2.45) is 5.73 Å². The second-order valence-corrected chi connectivity index (χ2v) is 8.76. The van der Waals surface area contributed by atoms with Crippen LogP contribution in [-0.4, -0.2) is 23.6 Å². The maximum atomic E-state index is 5.73. The molecule has 0 saturated heterocycles. The summed E-state index contributed by atoms with van der Waals surface area (Å²) >= 11 is 3.55. The molecule has 0 aliphatic rings. The third kappa shape index (κ3) is 6.44. The minimum Gasteiger partial charge on any atom is -0.496 e. The van der Waals surface area contributed by atoms with E-state index in [1.807, 2.05) is 19.1 Å². The summed E-state index contributed by atoms with van der Waals surface area (Å²) in [5.41, 5.74) is 8.70. The average Bonchev–Trinajstić information content (AvgIpc) is 2.78. The first-order chi connectivity index (χ1) is 15.5. The molecule has 0 spiro atoms. The first kappa shape index (κ1) is 24.0. The molecule has 1 heterocycles. The van der Waals surface area contributed by atoms with Crippen molar-refractivity contribution in [3.63, 3.8) is 0 Å². The van der Waals surface area contributed by atoms with Crippen LogP contribution < -0.4 is 15.8 Å². The fourth-order valence-corrected chi connectivity index (χ4v) is 4.16. The van der Waals surface area contributed by atoms with Crippen molar-refractivity contribution < 1.29 is 4.74 Å². The lowest BCUT2D eigenvalue weighted by molar-refractivity contribution is 0.409. The van der Waals surface area contributed by atoms with Crippen molar-refractivity contribution in [3.05, 3.63) is 57.8 Å². The number of fused-ring (bicyclic) bond motifs is 1. The number of hydrogen-bond donors (Lipinski definition) is 2. The minimum absolute atomic E-state index is 0.0954. The first-order valence-electron chi connectivity index (χ1n) is 11.0. The van der Waals surface area contributed by atoms with Gasteiger partial charge in [-0.15, -0.1) is 5.92 Å². The zero-order chi connectivity index (χ0) is 22.9. The quantitative estimate of drug-likeness (QED) is 0.284. The van der Waals surface area contributed by atoms with Gasteiger partial charge in [-0.3, -0.25) is 0 Å². The highest BCUT2D eigenvalue weighted by atomic mass is 79.9. The van der Waals surface area contributed by atoms with Gasteiger partial charge >= 0.3 is 0 Å². The average molecular weight is 495 g/mol. The molecule has 0 fully saturated rings. The third-order valence-electron chi connectivity index (χ3n) is 5.39. The zero-order valence-corrected chi connectivity index (χ0v) is 20.6. The molecular formula is C26H31BrN4O. The van der Waals surface area contributed by atoms with Crippen LogP contribution in [0.25, 0.3) is 10.9 Å². The maximum Gasteiger partial charge on any atom is 0.138 e. The molecule has 1 aromatic heterocycles. The molecule has 6 heteroatoms. The van der Waals surface area contributed by atoms with Crippen LogP contribution in [0.15, 0.2) is 40.9 Å². The number of anilines is 1. The maximum absolute atomic E-state index is 5.73. The smallest absolute Gasteiger partial charge is 0.138 e. The number of hydrogen-bond acceptors (Lipinski definition) is 5. The van der Waals surface area contributed by atoms with Crippen LogP contribution in [0.2, 0.25) is 0 Å². The molecule has 32 heavy (non-hydrogen) atoms. The van der Waals surface area contributed by atoms with Crippen LogP contribution in [0.5, 0.6) is 5.75 Å². The third-order valence-corrected chi connectivity index (χ3v) is 5.88. The van der Waals surface area contributed by atoms with E-state index in [4.69, 9.17) is 20.4 Å². The Morgan fingerprint density at radius 2 is 1.97 bits per heavy atom. The van der Waals surface area contributed by atoms with Crippen LogP contribution in [0.1, 0.15) is 55.6 Å². The number of benzene rings is 2. The molecule has 0 saturated carbocycles. The highest BCUT2D eigenvalue weighted by Crippen LogP contribution is 2.32. The van der Waals surface area contributed by atoms with Gasteiger partial charge in [0, 0.05) is 16.3 Å². The summed E-state index contributed by atoms with van der Waals surface area (Å²) in [5.74, 6) is 8.46. The molecule has 0 amide bonds. The molecule has 1 atom stereocenters. The van der Waals surface area contributed by atoms with E-state index >= 15 is 0 Å². The van der Waals surface area contributed by atoms with E-state index in [1.165, 1.54) is 11.1 Å². The number of rotatable bonds is 9. The molecule has 3 N–H and O–H groups in total. The Bertz CT molecular complexity index is 1120. The molecule has 3 aromatic rings. The molecule has 168 valence electrons. The number of nitrogens with zero attached hydrogens (tertiary/aromatic N) is 2. The normalized spacial score (nSPS) is 11.7. The summed E-state index contributed by atoms with van der Waals surface area (Å²) in [4.78, 5) is 9.39. The Labute approximate surface area is 199 Å². The Hall–Kier alpha value is -2.62. The van der Waals surface area contributed by atoms with Gasteiger partial charge in [0.15, 0.2) is 0 Å². The number of aromatic nitrogens is 2. The molecule has 5 nitrogen and oxygen atoms in total. The lowest BCUT2D eigenvalue weighted by atomic mass is 10.0. The highest BCUT2D eigenvalue weighted by molar-refractivity contribution is 9.10. The molecule has 3 rings (SSSR count). The van der Waals surface area contributed by atoms with Crippen molar-refractivity contribution >= 4 is 32.7 Å². The standard InChI is InChI=1S/C26H31BrN4O/c1-18(20-12-10-13-22(27)15-20)29-26-23-17-25(32-3)21(16-24(23)30-19(2)31-26)11-8-6-4-5-7-9-14-28/h10,12-13,15-18H,4-6,8,11,14,28H2,1-3H3,(H,29,30,31). The Morgan fingerprint density at radius 3 is 2.72 bits per heavy atom. The largest absolute Gasteiger partial charge is 0.496 e. The molecule has 0 aliphatic carbocycles. The molecule has 2 aromatic carbocycles. The predicted molar refractivity (Wildman–Crippen MR) is 136 cm³/mol. The van der Waals surface area contributed by atoms with Gasteiger partial charge in [0.05, 0.1) is 25.2 Å². The summed E-state index contributed by atoms with van der Waals surface area (Å²) < 4.78 is 6.79. The fraction of sp³-hybridized carbons (Fsp3) is 0.385. The molecule has 1 unspecified atom stereocenters.